The minimum atomic E-state index is -1.01. The Morgan fingerprint density at radius 2 is 2.17 bits per heavy atom. The van der Waals surface area contributed by atoms with E-state index in [0.717, 1.165) is 5.69 Å². The van der Waals surface area contributed by atoms with Gasteiger partial charge in [0, 0.05) is 36.4 Å². The van der Waals surface area contributed by atoms with Crippen LogP contribution in [0.15, 0.2) is 36.8 Å². The summed E-state index contributed by atoms with van der Waals surface area (Å²) in [6.07, 6.45) is 5.60. The Morgan fingerprint density at radius 1 is 1.33 bits per heavy atom. The summed E-state index contributed by atoms with van der Waals surface area (Å²) in [4.78, 5) is 27.8. The number of rotatable bonds is 5. The first-order valence-electron chi connectivity index (χ1n) is 7.35. The van der Waals surface area contributed by atoms with Gasteiger partial charge in [-0.15, -0.1) is 0 Å². The number of nitrogen functional groups attached to an aromatic ring is 1. The molecule has 0 spiro atoms. The first-order chi connectivity index (χ1) is 11.5. The minimum absolute atomic E-state index is 0.00677. The number of aromatic nitrogens is 4. The fraction of sp³-hybridized carbons (Fsp3) is 0.188. The van der Waals surface area contributed by atoms with E-state index in [1.165, 1.54) is 12.1 Å². The lowest BCUT2D eigenvalue weighted by atomic mass is 10.1. The fourth-order valence-electron chi connectivity index (χ4n) is 2.42. The molecule has 4 N–H and O–H groups in total. The van der Waals surface area contributed by atoms with Crippen molar-refractivity contribution in [1.29, 1.82) is 0 Å². The summed E-state index contributed by atoms with van der Waals surface area (Å²) in [5, 5.41) is 13.0. The average molecular weight is 324 g/mol. The quantitative estimate of drug-likeness (QED) is 0.647. The van der Waals surface area contributed by atoms with E-state index in [1.54, 1.807) is 24.7 Å². The van der Waals surface area contributed by atoms with Gasteiger partial charge in [0.05, 0.1) is 16.8 Å². The molecule has 3 rings (SSSR count). The van der Waals surface area contributed by atoms with Gasteiger partial charge in [0.15, 0.2) is 0 Å². The third-order valence-corrected chi connectivity index (χ3v) is 3.48. The van der Waals surface area contributed by atoms with Crippen molar-refractivity contribution < 1.29 is 9.90 Å². The number of carboxylic acids is 1. The monoisotopic (exact) mass is 324 g/mol. The number of hydrogen-bond donors (Lipinski definition) is 3. The highest BCUT2D eigenvalue weighted by molar-refractivity contribution is 5.97. The summed E-state index contributed by atoms with van der Waals surface area (Å²) >= 11 is 0. The highest BCUT2D eigenvalue weighted by Crippen LogP contribution is 2.23. The van der Waals surface area contributed by atoms with Crippen molar-refractivity contribution in [2.45, 2.75) is 19.4 Å². The second kappa shape index (κ2) is 6.45. The second-order valence-corrected chi connectivity index (χ2v) is 5.41. The van der Waals surface area contributed by atoms with Crippen LogP contribution < -0.4 is 11.1 Å². The van der Waals surface area contributed by atoms with Crippen LogP contribution in [0.3, 0.4) is 0 Å². The fourth-order valence-corrected chi connectivity index (χ4v) is 2.42. The standard InChI is InChI=1S/C16H16N6O2/c1-9(6-11-8-18-4-5-19-11)20-14-12-7-10(15(23)24)2-3-13(12)21-16(17)22-14/h2-5,7-9H,6H2,1H3,(H,23,24)(H3,17,20,21,22)/t9-/m0/s1. The van der Waals surface area contributed by atoms with Gasteiger partial charge in [-0.05, 0) is 25.1 Å². The summed E-state index contributed by atoms with van der Waals surface area (Å²) in [5.41, 5.74) is 7.34. The third-order valence-electron chi connectivity index (χ3n) is 3.48. The Bertz CT molecular complexity index is 884. The van der Waals surface area contributed by atoms with Crippen molar-refractivity contribution >= 4 is 28.6 Å². The molecular weight excluding hydrogens is 308 g/mol. The highest BCUT2D eigenvalue weighted by atomic mass is 16.4. The number of aromatic carboxylic acids is 1. The molecule has 0 saturated heterocycles. The van der Waals surface area contributed by atoms with Gasteiger partial charge in [-0.3, -0.25) is 9.97 Å². The van der Waals surface area contributed by atoms with E-state index in [1.807, 2.05) is 6.92 Å². The Morgan fingerprint density at radius 3 is 2.88 bits per heavy atom. The number of nitrogens with two attached hydrogens (primary N) is 1. The number of nitrogens with zero attached hydrogens (tertiary/aromatic N) is 4. The first kappa shape index (κ1) is 15.6. The number of fused-ring (bicyclic) bond motifs is 1. The van der Waals surface area contributed by atoms with Gasteiger partial charge in [0.1, 0.15) is 5.82 Å². The van der Waals surface area contributed by atoms with E-state index < -0.39 is 5.97 Å². The molecule has 0 aliphatic carbocycles. The number of anilines is 2. The summed E-state index contributed by atoms with van der Waals surface area (Å²) in [7, 11) is 0. The van der Waals surface area contributed by atoms with Crippen LogP contribution in [0.25, 0.3) is 10.9 Å². The van der Waals surface area contributed by atoms with Crippen LogP contribution in [0.5, 0.6) is 0 Å². The number of carbonyl (C=O) groups is 1. The Balaban J connectivity index is 1.92. The molecule has 2 aromatic heterocycles. The van der Waals surface area contributed by atoms with Crippen molar-refractivity contribution in [1.82, 2.24) is 19.9 Å². The molecule has 122 valence electrons. The summed E-state index contributed by atoms with van der Waals surface area (Å²) in [6, 6.07) is 4.64. The first-order valence-corrected chi connectivity index (χ1v) is 7.35. The lowest BCUT2D eigenvalue weighted by molar-refractivity contribution is 0.0697. The van der Waals surface area contributed by atoms with Crippen molar-refractivity contribution in [2.75, 3.05) is 11.1 Å². The molecule has 0 saturated carbocycles. The Kier molecular flexibility index (Phi) is 4.19. The largest absolute Gasteiger partial charge is 0.478 e. The van der Waals surface area contributed by atoms with Gasteiger partial charge in [-0.2, -0.15) is 4.98 Å². The highest BCUT2D eigenvalue weighted by Gasteiger charge is 2.13. The molecule has 8 nitrogen and oxygen atoms in total. The predicted octanol–water partition coefficient (Wildman–Crippen LogP) is 1.74. The van der Waals surface area contributed by atoms with Gasteiger partial charge >= 0.3 is 5.97 Å². The average Bonchev–Trinajstić information content (AvgIpc) is 2.55. The van der Waals surface area contributed by atoms with Gasteiger partial charge in [0.2, 0.25) is 5.95 Å². The molecule has 0 amide bonds. The second-order valence-electron chi connectivity index (χ2n) is 5.41. The Hall–Kier alpha value is -3.29. The van der Waals surface area contributed by atoms with Crippen molar-refractivity contribution in [3.63, 3.8) is 0 Å². The van der Waals surface area contributed by atoms with Gasteiger partial charge in [0.25, 0.3) is 0 Å². The Labute approximate surface area is 137 Å². The van der Waals surface area contributed by atoms with Crippen LogP contribution >= 0.6 is 0 Å². The third kappa shape index (κ3) is 3.37. The van der Waals surface area contributed by atoms with Crippen LogP contribution in [-0.4, -0.2) is 37.1 Å². The van der Waals surface area contributed by atoms with Gasteiger partial charge in [-0.1, -0.05) is 0 Å². The van der Waals surface area contributed by atoms with Crippen LogP contribution in [0, 0.1) is 0 Å². The maximum absolute atomic E-state index is 11.2. The number of benzene rings is 1. The zero-order valence-electron chi connectivity index (χ0n) is 13.0. The molecule has 24 heavy (non-hydrogen) atoms. The maximum atomic E-state index is 11.2. The number of carboxylic acid groups (broad SMARTS) is 1. The molecule has 0 aliphatic heterocycles. The molecule has 2 heterocycles. The zero-order valence-corrected chi connectivity index (χ0v) is 13.0. The number of nitrogens with one attached hydrogen (secondary N) is 1. The van der Waals surface area contributed by atoms with Crippen LogP contribution in [0.4, 0.5) is 11.8 Å². The smallest absolute Gasteiger partial charge is 0.335 e. The van der Waals surface area contributed by atoms with E-state index in [2.05, 4.69) is 25.3 Å². The summed E-state index contributed by atoms with van der Waals surface area (Å²) in [6.45, 7) is 1.97. The molecular formula is C16H16N6O2. The van der Waals surface area contributed by atoms with Crippen molar-refractivity contribution in [3.05, 3.63) is 48.0 Å². The van der Waals surface area contributed by atoms with E-state index in [-0.39, 0.29) is 17.6 Å². The van der Waals surface area contributed by atoms with Crippen LogP contribution in [0.1, 0.15) is 23.0 Å². The molecule has 0 radical (unpaired) electrons. The van der Waals surface area contributed by atoms with E-state index >= 15 is 0 Å². The SMILES string of the molecule is C[C@@H](Cc1cnccn1)Nc1nc(N)nc2ccc(C(=O)O)cc12. The molecule has 8 heteroatoms. The minimum Gasteiger partial charge on any atom is -0.478 e. The molecule has 0 bridgehead atoms. The van der Waals surface area contributed by atoms with Crippen LogP contribution in [0.2, 0.25) is 0 Å². The summed E-state index contributed by atoms with van der Waals surface area (Å²) in [5.74, 6) is -0.385. The van der Waals surface area contributed by atoms with Crippen molar-refractivity contribution in [3.8, 4) is 0 Å². The molecule has 0 unspecified atom stereocenters. The normalized spacial score (nSPS) is 12.0. The topological polar surface area (TPSA) is 127 Å². The lowest BCUT2D eigenvalue weighted by Crippen LogP contribution is -2.20. The zero-order chi connectivity index (χ0) is 17.1. The van der Waals surface area contributed by atoms with Gasteiger partial charge < -0.3 is 16.2 Å². The summed E-state index contributed by atoms with van der Waals surface area (Å²) < 4.78 is 0. The van der Waals surface area contributed by atoms with Crippen molar-refractivity contribution in [2.24, 2.45) is 0 Å². The van der Waals surface area contributed by atoms with E-state index in [4.69, 9.17) is 10.8 Å². The van der Waals surface area contributed by atoms with Gasteiger partial charge in [-0.25, -0.2) is 9.78 Å². The maximum Gasteiger partial charge on any atom is 0.335 e. The molecule has 1 aromatic carbocycles. The van der Waals surface area contributed by atoms with Crippen LogP contribution in [-0.2, 0) is 6.42 Å². The molecule has 0 fully saturated rings. The molecule has 0 aliphatic rings. The predicted molar refractivity (Wildman–Crippen MR) is 89.7 cm³/mol. The lowest BCUT2D eigenvalue weighted by Gasteiger charge is -2.16. The van der Waals surface area contributed by atoms with E-state index in [0.29, 0.717) is 23.1 Å². The molecule has 3 aromatic rings. The molecule has 1 atom stereocenters. The number of hydrogen-bond acceptors (Lipinski definition) is 7. The van der Waals surface area contributed by atoms with E-state index in [9.17, 15) is 4.79 Å².